The van der Waals surface area contributed by atoms with Crippen LogP contribution in [0.15, 0.2) is 77.7 Å². The zero-order valence-corrected chi connectivity index (χ0v) is 25.7. The molecule has 0 saturated heterocycles. The second-order valence-corrected chi connectivity index (χ2v) is 12.5. The van der Waals surface area contributed by atoms with E-state index in [9.17, 15) is 18.0 Å². The van der Waals surface area contributed by atoms with E-state index < -0.39 is 28.5 Å². The number of nitrogens with zero attached hydrogens (tertiary/aromatic N) is 2. The van der Waals surface area contributed by atoms with Crippen molar-refractivity contribution in [2.45, 2.75) is 51.6 Å². The van der Waals surface area contributed by atoms with Crippen molar-refractivity contribution < 1.29 is 22.7 Å². The summed E-state index contributed by atoms with van der Waals surface area (Å²) in [6.07, 6.45) is 0.344. The number of benzene rings is 3. The Kier molecular flexibility index (Phi) is 11.2. The Morgan fingerprint density at radius 2 is 1.56 bits per heavy atom. The van der Waals surface area contributed by atoms with E-state index in [1.165, 1.54) is 24.1 Å². The zero-order chi connectivity index (χ0) is 30.2. The number of anilines is 1. The molecule has 0 aromatic heterocycles. The molecule has 41 heavy (non-hydrogen) atoms. The molecule has 1 N–H and O–H groups in total. The Balaban J connectivity index is 2.04. The predicted molar refractivity (Wildman–Crippen MR) is 163 cm³/mol. The number of nitrogens with one attached hydrogen (secondary N) is 1. The number of carbonyl (C=O) groups is 2. The molecular formula is C31H38ClN3O5S. The molecule has 3 rings (SSSR count). The molecule has 220 valence electrons. The van der Waals surface area contributed by atoms with Crippen LogP contribution in [0, 0.1) is 12.8 Å². The maximum Gasteiger partial charge on any atom is 0.264 e. The minimum Gasteiger partial charge on any atom is -0.497 e. The van der Waals surface area contributed by atoms with Gasteiger partial charge in [0.15, 0.2) is 0 Å². The largest absolute Gasteiger partial charge is 0.497 e. The highest BCUT2D eigenvalue weighted by atomic mass is 35.5. The minimum absolute atomic E-state index is 0.0534. The number of hydrogen-bond donors (Lipinski definition) is 1. The minimum atomic E-state index is -4.14. The van der Waals surface area contributed by atoms with Gasteiger partial charge in [-0.3, -0.25) is 13.9 Å². The molecule has 3 aromatic rings. The monoisotopic (exact) mass is 599 g/mol. The first-order valence-corrected chi connectivity index (χ1v) is 15.3. The van der Waals surface area contributed by atoms with Crippen molar-refractivity contribution in [2.75, 3.05) is 24.5 Å². The number of hydrogen-bond acceptors (Lipinski definition) is 5. The Bertz CT molecular complexity index is 1410. The summed E-state index contributed by atoms with van der Waals surface area (Å²) in [6, 6.07) is 19.1. The molecule has 0 saturated carbocycles. The van der Waals surface area contributed by atoms with Gasteiger partial charge in [-0.25, -0.2) is 8.42 Å². The van der Waals surface area contributed by atoms with Gasteiger partial charge in [-0.15, -0.1) is 0 Å². The maximum atomic E-state index is 14.1. The highest BCUT2D eigenvalue weighted by molar-refractivity contribution is 7.92. The molecule has 0 aliphatic heterocycles. The smallest absolute Gasteiger partial charge is 0.264 e. The first kappa shape index (κ1) is 32.0. The SMILES string of the molecule is CC[C@@H](C(=O)NCC(C)C)N(Cc1ccc(Cl)cc1)C(=O)CN(c1ccc(OC)cc1)S(=O)(=O)c1ccc(C)cc1. The molecule has 0 aliphatic rings. The van der Waals surface area contributed by atoms with Crippen LogP contribution in [0.5, 0.6) is 5.75 Å². The Morgan fingerprint density at radius 1 is 0.951 bits per heavy atom. The molecule has 8 nitrogen and oxygen atoms in total. The maximum absolute atomic E-state index is 14.1. The molecule has 0 radical (unpaired) electrons. The summed E-state index contributed by atoms with van der Waals surface area (Å²) in [5.41, 5.74) is 1.96. The lowest BCUT2D eigenvalue weighted by Crippen LogP contribution is -2.52. The van der Waals surface area contributed by atoms with Crippen molar-refractivity contribution >= 4 is 39.1 Å². The molecule has 10 heteroatoms. The summed E-state index contributed by atoms with van der Waals surface area (Å²) < 4.78 is 34.2. The van der Waals surface area contributed by atoms with E-state index in [0.717, 1.165) is 15.4 Å². The molecule has 0 bridgehead atoms. The summed E-state index contributed by atoms with van der Waals surface area (Å²) in [5.74, 6) is -0.0361. The summed E-state index contributed by atoms with van der Waals surface area (Å²) >= 11 is 6.07. The van der Waals surface area contributed by atoms with Gasteiger partial charge in [-0.05, 0) is 73.4 Å². The fourth-order valence-electron chi connectivity index (χ4n) is 4.24. The number of halogens is 1. The first-order valence-electron chi connectivity index (χ1n) is 13.5. The predicted octanol–water partition coefficient (Wildman–Crippen LogP) is 5.43. The van der Waals surface area contributed by atoms with Crippen molar-refractivity contribution in [3.05, 3.63) is 88.9 Å². The van der Waals surface area contributed by atoms with E-state index >= 15 is 0 Å². The third kappa shape index (κ3) is 8.47. The molecule has 0 spiro atoms. The van der Waals surface area contributed by atoms with E-state index in [-0.39, 0.29) is 23.3 Å². The standard InChI is InChI=1S/C31H38ClN3O5S/c1-6-29(31(37)33-19-22(2)3)34(20-24-9-11-25(32)12-10-24)30(36)21-35(26-13-15-27(40-5)16-14-26)41(38,39)28-17-7-23(4)8-18-28/h7-18,22,29H,6,19-21H2,1-5H3,(H,33,37)/t29-/m0/s1. The van der Waals surface area contributed by atoms with Gasteiger partial charge >= 0.3 is 0 Å². The first-order chi connectivity index (χ1) is 19.5. The summed E-state index contributed by atoms with van der Waals surface area (Å²) in [5, 5.41) is 3.47. The van der Waals surface area contributed by atoms with Gasteiger partial charge in [0, 0.05) is 18.1 Å². The lowest BCUT2D eigenvalue weighted by molar-refractivity contribution is -0.140. The van der Waals surface area contributed by atoms with Crippen LogP contribution in [0.4, 0.5) is 5.69 Å². The summed E-state index contributed by atoms with van der Waals surface area (Å²) in [6.45, 7) is 7.71. The van der Waals surface area contributed by atoms with Crippen LogP contribution in [-0.2, 0) is 26.2 Å². The second-order valence-electron chi connectivity index (χ2n) is 10.2. The van der Waals surface area contributed by atoms with Crippen LogP contribution in [-0.4, -0.2) is 51.4 Å². The highest BCUT2D eigenvalue weighted by Crippen LogP contribution is 2.27. The Labute approximate surface area is 248 Å². The van der Waals surface area contributed by atoms with Crippen LogP contribution in [0.25, 0.3) is 0 Å². The van der Waals surface area contributed by atoms with Gasteiger partial charge in [0.05, 0.1) is 17.7 Å². The van der Waals surface area contributed by atoms with Crippen LogP contribution in [0.3, 0.4) is 0 Å². The van der Waals surface area contributed by atoms with Crippen molar-refractivity contribution in [3.8, 4) is 5.75 Å². The number of aryl methyl sites for hydroxylation is 1. The third-order valence-electron chi connectivity index (χ3n) is 6.58. The van der Waals surface area contributed by atoms with E-state index in [0.29, 0.717) is 29.4 Å². The number of carbonyl (C=O) groups excluding carboxylic acids is 2. The average Bonchev–Trinajstić information content (AvgIpc) is 2.95. The number of methoxy groups -OCH3 is 1. The quantitative estimate of drug-likeness (QED) is 0.283. The molecule has 0 unspecified atom stereocenters. The Hall–Kier alpha value is -3.56. The van der Waals surface area contributed by atoms with Gasteiger partial charge in [0.25, 0.3) is 10.0 Å². The van der Waals surface area contributed by atoms with E-state index in [4.69, 9.17) is 16.3 Å². The topological polar surface area (TPSA) is 96.0 Å². The fourth-order valence-corrected chi connectivity index (χ4v) is 5.78. The third-order valence-corrected chi connectivity index (χ3v) is 8.62. The normalized spacial score (nSPS) is 12.1. The number of ether oxygens (including phenoxy) is 1. The zero-order valence-electron chi connectivity index (χ0n) is 24.1. The molecule has 0 heterocycles. The number of sulfonamides is 1. The lowest BCUT2D eigenvalue weighted by atomic mass is 10.1. The van der Waals surface area contributed by atoms with Gasteiger partial charge < -0.3 is 15.0 Å². The fraction of sp³-hybridized carbons (Fsp3) is 0.355. The van der Waals surface area contributed by atoms with Crippen molar-refractivity contribution in [3.63, 3.8) is 0 Å². The second kappa shape index (κ2) is 14.4. The average molecular weight is 600 g/mol. The molecular weight excluding hydrogens is 562 g/mol. The van der Waals surface area contributed by atoms with Crippen LogP contribution in [0.1, 0.15) is 38.3 Å². The van der Waals surface area contributed by atoms with Gasteiger partial charge in [0.2, 0.25) is 11.8 Å². The molecule has 2 amide bonds. The highest BCUT2D eigenvalue weighted by Gasteiger charge is 2.33. The molecule has 3 aromatic carbocycles. The lowest BCUT2D eigenvalue weighted by Gasteiger charge is -2.33. The van der Waals surface area contributed by atoms with Crippen molar-refractivity contribution in [1.29, 1.82) is 0 Å². The van der Waals surface area contributed by atoms with Crippen LogP contribution >= 0.6 is 11.6 Å². The summed E-state index contributed by atoms with van der Waals surface area (Å²) in [4.78, 5) is 28.9. The van der Waals surface area contributed by atoms with Crippen LogP contribution < -0.4 is 14.4 Å². The van der Waals surface area contributed by atoms with Gasteiger partial charge in [-0.2, -0.15) is 0 Å². The van der Waals surface area contributed by atoms with E-state index in [2.05, 4.69) is 5.32 Å². The van der Waals surface area contributed by atoms with Crippen molar-refractivity contribution in [2.24, 2.45) is 5.92 Å². The molecule has 1 atom stereocenters. The van der Waals surface area contributed by atoms with E-state index in [1.54, 1.807) is 60.7 Å². The van der Waals surface area contributed by atoms with Crippen molar-refractivity contribution in [1.82, 2.24) is 10.2 Å². The summed E-state index contributed by atoms with van der Waals surface area (Å²) in [7, 11) is -2.63. The molecule has 0 aliphatic carbocycles. The van der Waals surface area contributed by atoms with Gasteiger partial charge in [0.1, 0.15) is 18.3 Å². The Morgan fingerprint density at radius 3 is 2.10 bits per heavy atom. The number of amides is 2. The number of rotatable bonds is 13. The molecule has 0 fully saturated rings. The van der Waals surface area contributed by atoms with E-state index in [1.807, 2.05) is 27.7 Å². The van der Waals surface area contributed by atoms with Crippen LogP contribution in [0.2, 0.25) is 5.02 Å². The van der Waals surface area contributed by atoms with Gasteiger partial charge in [-0.1, -0.05) is 62.2 Å².